The highest BCUT2D eigenvalue weighted by Crippen LogP contribution is 2.26. The number of aliphatic carboxylic acids is 1. The SMILES string of the molecule is Cc1ccc(C(=O)N2Cc3c(ncn3Cc3ccccc3C)CC2C(=O)NC(C)C(=O)O)cc1. The van der Waals surface area contributed by atoms with Crippen molar-refractivity contribution in [1.82, 2.24) is 19.8 Å². The fourth-order valence-electron chi connectivity index (χ4n) is 4.15. The predicted molar refractivity (Wildman–Crippen MR) is 126 cm³/mol. The zero-order valence-corrected chi connectivity index (χ0v) is 19.5. The lowest BCUT2D eigenvalue weighted by Gasteiger charge is -2.35. The zero-order valence-electron chi connectivity index (χ0n) is 19.5. The van der Waals surface area contributed by atoms with Crippen molar-refractivity contribution in [2.45, 2.75) is 52.4 Å². The molecule has 0 saturated carbocycles. The van der Waals surface area contributed by atoms with E-state index in [2.05, 4.69) is 29.4 Å². The molecular weight excluding hydrogens is 432 g/mol. The van der Waals surface area contributed by atoms with Crippen LogP contribution < -0.4 is 5.32 Å². The number of fused-ring (bicyclic) bond motifs is 1. The maximum absolute atomic E-state index is 13.5. The number of nitrogens with one attached hydrogen (secondary N) is 1. The lowest BCUT2D eigenvalue weighted by molar-refractivity contribution is -0.142. The number of aromatic nitrogens is 2. The number of carboxylic acid groups (broad SMARTS) is 1. The maximum Gasteiger partial charge on any atom is 0.325 e. The van der Waals surface area contributed by atoms with Gasteiger partial charge in [0.25, 0.3) is 5.91 Å². The van der Waals surface area contributed by atoms with E-state index in [4.69, 9.17) is 0 Å². The first-order valence-electron chi connectivity index (χ1n) is 11.2. The zero-order chi connectivity index (χ0) is 24.4. The van der Waals surface area contributed by atoms with Gasteiger partial charge in [-0.15, -0.1) is 0 Å². The van der Waals surface area contributed by atoms with Crippen molar-refractivity contribution in [2.24, 2.45) is 0 Å². The fraction of sp³-hybridized carbons (Fsp3) is 0.308. The van der Waals surface area contributed by atoms with Gasteiger partial charge in [0.1, 0.15) is 12.1 Å². The van der Waals surface area contributed by atoms with Gasteiger partial charge in [0.15, 0.2) is 0 Å². The molecule has 2 N–H and O–H groups in total. The number of amides is 2. The van der Waals surface area contributed by atoms with Crippen LogP contribution in [0.5, 0.6) is 0 Å². The van der Waals surface area contributed by atoms with Crippen molar-refractivity contribution in [3.05, 3.63) is 88.5 Å². The Kier molecular flexibility index (Phi) is 6.49. The molecule has 0 spiro atoms. The Morgan fingerprint density at radius 2 is 1.82 bits per heavy atom. The molecule has 2 heterocycles. The van der Waals surface area contributed by atoms with Crippen molar-refractivity contribution >= 4 is 17.8 Å². The highest BCUT2D eigenvalue weighted by Gasteiger charge is 2.38. The molecule has 2 aromatic carbocycles. The number of benzene rings is 2. The summed E-state index contributed by atoms with van der Waals surface area (Å²) < 4.78 is 2.01. The van der Waals surface area contributed by atoms with Crippen molar-refractivity contribution in [3.63, 3.8) is 0 Å². The molecule has 4 rings (SSSR count). The van der Waals surface area contributed by atoms with Gasteiger partial charge in [-0.3, -0.25) is 14.4 Å². The van der Waals surface area contributed by atoms with Crippen LogP contribution in [0.15, 0.2) is 54.9 Å². The minimum absolute atomic E-state index is 0.202. The van der Waals surface area contributed by atoms with E-state index in [1.54, 1.807) is 18.5 Å². The van der Waals surface area contributed by atoms with E-state index < -0.39 is 24.0 Å². The van der Waals surface area contributed by atoms with Gasteiger partial charge in [0.2, 0.25) is 5.91 Å². The molecule has 3 aromatic rings. The number of nitrogens with zero attached hydrogens (tertiary/aromatic N) is 3. The van der Waals surface area contributed by atoms with Crippen LogP contribution in [0.1, 0.15) is 45.4 Å². The smallest absolute Gasteiger partial charge is 0.325 e. The summed E-state index contributed by atoms with van der Waals surface area (Å²) in [5.41, 5.74) is 5.42. The van der Waals surface area contributed by atoms with Gasteiger partial charge in [-0.1, -0.05) is 42.0 Å². The summed E-state index contributed by atoms with van der Waals surface area (Å²) in [6.45, 7) is 6.20. The van der Waals surface area contributed by atoms with E-state index >= 15 is 0 Å². The van der Waals surface area contributed by atoms with Gasteiger partial charge < -0.3 is 19.9 Å². The number of carboxylic acids is 1. The monoisotopic (exact) mass is 460 g/mol. The number of aryl methyl sites for hydroxylation is 2. The molecule has 2 unspecified atom stereocenters. The van der Waals surface area contributed by atoms with Gasteiger partial charge >= 0.3 is 5.97 Å². The Morgan fingerprint density at radius 1 is 1.12 bits per heavy atom. The average molecular weight is 461 g/mol. The average Bonchev–Trinajstić information content (AvgIpc) is 3.21. The number of rotatable bonds is 6. The third kappa shape index (κ3) is 4.71. The predicted octanol–water partition coefficient (Wildman–Crippen LogP) is 2.70. The summed E-state index contributed by atoms with van der Waals surface area (Å²) in [7, 11) is 0. The summed E-state index contributed by atoms with van der Waals surface area (Å²) in [6, 6.07) is 13.4. The van der Waals surface area contributed by atoms with Crippen LogP contribution in [-0.2, 0) is 29.1 Å². The maximum atomic E-state index is 13.5. The van der Waals surface area contributed by atoms with E-state index in [0.29, 0.717) is 12.1 Å². The van der Waals surface area contributed by atoms with Gasteiger partial charge in [-0.05, 0) is 44.0 Å². The normalized spacial score (nSPS) is 16.0. The van der Waals surface area contributed by atoms with Crippen LogP contribution in [0.2, 0.25) is 0 Å². The van der Waals surface area contributed by atoms with E-state index in [1.165, 1.54) is 11.8 Å². The summed E-state index contributed by atoms with van der Waals surface area (Å²) in [5, 5.41) is 11.7. The highest BCUT2D eigenvalue weighted by atomic mass is 16.4. The molecule has 1 aliphatic heterocycles. The third-order valence-electron chi connectivity index (χ3n) is 6.31. The first-order chi connectivity index (χ1) is 16.2. The molecule has 0 radical (unpaired) electrons. The first kappa shape index (κ1) is 23.2. The molecule has 176 valence electrons. The van der Waals surface area contributed by atoms with E-state index in [-0.39, 0.29) is 18.9 Å². The Bertz CT molecular complexity index is 1230. The Hall–Kier alpha value is -3.94. The number of hydrogen-bond donors (Lipinski definition) is 2. The molecule has 1 aliphatic rings. The molecule has 0 fully saturated rings. The van der Waals surface area contributed by atoms with Gasteiger partial charge in [0.05, 0.1) is 24.3 Å². The Morgan fingerprint density at radius 3 is 2.50 bits per heavy atom. The van der Waals surface area contributed by atoms with Crippen molar-refractivity contribution in [2.75, 3.05) is 0 Å². The molecule has 1 aromatic heterocycles. The molecule has 2 amide bonds. The van der Waals surface area contributed by atoms with Gasteiger partial charge in [0, 0.05) is 18.5 Å². The second kappa shape index (κ2) is 9.51. The summed E-state index contributed by atoms with van der Waals surface area (Å²) in [5.74, 6) is -1.92. The quantitative estimate of drug-likeness (QED) is 0.589. The number of carbonyl (C=O) groups is 3. The van der Waals surface area contributed by atoms with Crippen LogP contribution >= 0.6 is 0 Å². The largest absolute Gasteiger partial charge is 0.480 e. The van der Waals surface area contributed by atoms with Crippen LogP contribution in [0, 0.1) is 13.8 Å². The number of imidazole rings is 1. The Labute approximate surface area is 198 Å². The lowest BCUT2D eigenvalue weighted by Crippen LogP contribution is -2.55. The number of hydrogen-bond acceptors (Lipinski definition) is 4. The summed E-state index contributed by atoms with van der Waals surface area (Å²) in [6.07, 6.45) is 1.96. The van der Waals surface area contributed by atoms with Crippen molar-refractivity contribution in [3.8, 4) is 0 Å². The van der Waals surface area contributed by atoms with Crippen LogP contribution in [0.25, 0.3) is 0 Å². The summed E-state index contributed by atoms with van der Waals surface area (Å²) in [4.78, 5) is 43.9. The van der Waals surface area contributed by atoms with E-state index in [1.807, 2.05) is 35.8 Å². The van der Waals surface area contributed by atoms with Gasteiger partial charge in [-0.25, -0.2) is 4.98 Å². The molecule has 0 saturated heterocycles. The third-order valence-corrected chi connectivity index (χ3v) is 6.31. The second-order valence-corrected chi connectivity index (χ2v) is 8.78. The molecule has 8 nitrogen and oxygen atoms in total. The van der Waals surface area contributed by atoms with Crippen LogP contribution in [0.4, 0.5) is 0 Å². The van der Waals surface area contributed by atoms with Crippen molar-refractivity contribution < 1.29 is 19.5 Å². The number of carbonyl (C=O) groups excluding carboxylic acids is 2. The minimum Gasteiger partial charge on any atom is -0.480 e. The van der Waals surface area contributed by atoms with Crippen LogP contribution in [-0.4, -0.2) is 49.4 Å². The highest BCUT2D eigenvalue weighted by molar-refractivity contribution is 5.98. The molecule has 0 aliphatic carbocycles. The molecule has 0 bridgehead atoms. The standard InChI is InChI=1S/C26H28N4O4/c1-16-8-10-19(11-9-16)25(32)30-14-23-21(12-22(30)24(31)28-18(3)26(33)34)27-15-29(23)13-20-7-5-4-6-17(20)2/h4-11,15,18,22H,12-14H2,1-3H3,(H,28,31)(H,33,34). The van der Waals surface area contributed by atoms with Gasteiger partial charge in [-0.2, -0.15) is 0 Å². The summed E-state index contributed by atoms with van der Waals surface area (Å²) >= 11 is 0. The first-order valence-corrected chi connectivity index (χ1v) is 11.2. The molecule has 8 heteroatoms. The fourth-order valence-corrected chi connectivity index (χ4v) is 4.15. The molecular formula is C26H28N4O4. The lowest BCUT2D eigenvalue weighted by atomic mass is 9.99. The molecule has 2 atom stereocenters. The Balaban J connectivity index is 1.67. The minimum atomic E-state index is -1.14. The van der Waals surface area contributed by atoms with E-state index in [9.17, 15) is 19.5 Å². The topological polar surface area (TPSA) is 105 Å². The van der Waals surface area contributed by atoms with E-state index in [0.717, 1.165) is 28.1 Å². The van der Waals surface area contributed by atoms with Crippen LogP contribution in [0.3, 0.4) is 0 Å². The van der Waals surface area contributed by atoms with Crippen molar-refractivity contribution in [1.29, 1.82) is 0 Å². The molecule has 34 heavy (non-hydrogen) atoms. The second-order valence-electron chi connectivity index (χ2n) is 8.78.